The van der Waals surface area contributed by atoms with Crippen molar-refractivity contribution in [2.75, 3.05) is 32.1 Å². The van der Waals surface area contributed by atoms with Crippen molar-refractivity contribution in [3.63, 3.8) is 0 Å². The van der Waals surface area contributed by atoms with Gasteiger partial charge in [-0.25, -0.2) is 9.59 Å². The summed E-state index contributed by atoms with van der Waals surface area (Å²) in [7, 11) is 1.19. The molecule has 1 amide bonds. The number of phenolic OH excluding ortho intramolecular Hbond substituents is 1. The Morgan fingerprint density at radius 1 is 1.25 bits per heavy atom. The molecule has 9 nitrogen and oxygen atoms in total. The van der Waals surface area contributed by atoms with Gasteiger partial charge in [-0.15, -0.1) is 0 Å². The molecule has 1 aromatic carbocycles. The summed E-state index contributed by atoms with van der Waals surface area (Å²) in [6.07, 6.45) is 0. The Bertz CT molecular complexity index is 824. The molecule has 1 aromatic rings. The number of aromatic hydroxyl groups is 1. The van der Waals surface area contributed by atoms with Crippen molar-refractivity contribution in [3.05, 3.63) is 35.0 Å². The number of carbonyl (C=O) groups excluding carboxylic acids is 3. The van der Waals surface area contributed by atoms with Crippen molar-refractivity contribution < 1.29 is 34.1 Å². The van der Waals surface area contributed by atoms with Gasteiger partial charge in [0.05, 0.1) is 37.1 Å². The Labute approximate surface area is 162 Å². The standard InChI is InChI=1S/C19H24N2O7/c1-19(2,3)28-17(25)11-5-6-13(14(23)9-11)20-15-12(18(26)27-4)10-21(7-8-22)16(15)24/h5-6,9,20,22-23H,7-8,10H2,1-4H3. The maximum absolute atomic E-state index is 12.5. The number of amides is 1. The van der Waals surface area contributed by atoms with Crippen LogP contribution in [0.1, 0.15) is 31.1 Å². The second kappa shape index (κ2) is 8.30. The number of nitrogens with zero attached hydrogens (tertiary/aromatic N) is 1. The second-order valence-corrected chi connectivity index (χ2v) is 7.15. The van der Waals surface area contributed by atoms with Crippen LogP contribution in [0.25, 0.3) is 0 Å². The van der Waals surface area contributed by atoms with E-state index in [4.69, 9.17) is 14.6 Å². The van der Waals surface area contributed by atoms with Crippen molar-refractivity contribution in [2.24, 2.45) is 0 Å². The van der Waals surface area contributed by atoms with Crippen LogP contribution in [0.5, 0.6) is 5.75 Å². The third-order valence-corrected chi connectivity index (χ3v) is 3.85. The quantitative estimate of drug-likeness (QED) is 0.484. The van der Waals surface area contributed by atoms with E-state index in [9.17, 15) is 19.5 Å². The summed E-state index contributed by atoms with van der Waals surface area (Å²) >= 11 is 0. The van der Waals surface area contributed by atoms with Gasteiger partial charge in [0.2, 0.25) is 0 Å². The van der Waals surface area contributed by atoms with Gasteiger partial charge in [0.1, 0.15) is 17.0 Å². The van der Waals surface area contributed by atoms with E-state index in [1.807, 2.05) is 0 Å². The molecular weight excluding hydrogens is 368 g/mol. The maximum atomic E-state index is 12.5. The number of esters is 2. The van der Waals surface area contributed by atoms with Crippen LogP contribution in [-0.2, 0) is 19.1 Å². The minimum absolute atomic E-state index is 0.0227. The van der Waals surface area contributed by atoms with Gasteiger partial charge < -0.3 is 29.9 Å². The first-order valence-corrected chi connectivity index (χ1v) is 8.62. The molecule has 2 rings (SSSR count). The summed E-state index contributed by atoms with van der Waals surface area (Å²) in [4.78, 5) is 37.9. The molecule has 28 heavy (non-hydrogen) atoms. The van der Waals surface area contributed by atoms with Crippen LogP contribution in [0.4, 0.5) is 5.69 Å². The van der Waals surface area contributed by atoms with Crippen LogP contribution >= 0.6 is 0 Å². The van der Waals surface area contributed by atoms with Gasteiger partial charge in [0.25, 0.3) is 5.91 Å². The first kappa shape index (κ1) is 21.2. The van der Waals surface area contributed by atoms with E-state index in [1.54, 1.807) is 20.8 Å². The van der Waals surface area contributed by atoms with E-state index in [0.717, 1.165) is 0 Å². The zero-order valence-corrected chi connectivity index (χ0v) is 16.2. The fourth-order valence-corrected chi connectivity index (χ4v) is 2.58. The molecule has 9 heteroatoms. The molecular formula is C19H24N2O7. The molecule has 1 aliphatic rings. The van der Waals surface area contributed by atoms with Crippen molar-refractivity contribution in [1.29, 1.82) is 0 Å². The molecule has 0 bridgehead atoms. The monoisotopic (exact) mass is 392 g/mol. The number of nitrogens with one attached hydrogen (secondary N) is 1. The molecule has 0 radical (unpaired) electrons. The van der Waals surface area contributed by atoms with Crippen LogP contribution in [0.3, 0.4) is 0 Å². The molecule has 1 heterocycles. The molecule has 0 aliphatic carbocycles. The fraction of sp³-hybridized carbons (Fsp3) is 0.421. The number of β-amino-alcohol motifs (C(OH)–C–C–N with tert-alkyl or cyclic N) is 1. The molecule has 1 aliphatic heterocycles. The molecule has 152 valence electrons. The summed E-state index contributed by atoms with van der Waals surface area (Å²) < 4.78 is 9.95. The summed E-state index contributed by atoms with van der Waals surface area (Å²) in [5.41, 5.74) is -0.393. The molecule has 3 N–H and O–H groups in total. The lowest BCUT2D eigenvalue weighted by Gasteiger charge is -2.20. The summed E-state index contributed by atoms with van der Waals surface area (Å²) in [5, 5.41) is 22.1. The van der Waals surface area contributed by atoms with Crippen molar-refractivity contribution in [3.8, 4) is 5.75 Å². The van der Waals surface area contributed by atoms with Crippen molar-refractivity contribution in [2.45, 2.75) is 26.4 Å². The SMILES string of the molecule is COC(=O)C1=C(Nc2ccc(C(=O)OC(C)(C)C)cc2O)C(=O)N(CCO)C1. The molecule has 0 fully saturated rings. The molecule has 0 spiro atoms. The minimum Gasteiger partial charge on any atom is -0.506 e. The smallest absolute Gasteiger partial charge is 0.338 e. The number of methoxy groups -OCH3 is 1. The molecule has 0 saturated heterocycles. The number of aliphatic hydroxyl groups is 1. The summed E-state index contributed by atoms with van der Waals surface area (Å²) in [6, 6.07) is 4.04. The fourth-order valence-electron chi connectivity index (χ4n) is 2.58. The number of anilines is 1. The van der Waals surface area contributed by atoms with Crippen LogP contribution < -0.4 is 5.32 Å². The second-order valence-electron chi connectivity index (χ2n) is 7.15. The Kier molecular flexibility index (Phi) is 6.30. The highest BCUT2D eigenvalue weighted by Gasteiger charge is 2.34. The zero-order chi connectivity index (χ0) is 21.1. The number of ether oxygens (including phenoxy) is 2. The van der Waals surface area contributed by atoms with Gasteiger partial charge >= 0.3 is 11.9 Å². The van der Waals surface area contributed by atoms with Crippen molar-refractivity contribution in [1.82, 2.24) is 4.90 Å². The topological polar surface area (TPSA) is 125 Å². The summed E-state index contributed by atoms with van der Waals surface area (Å²) in [6.45, 7) is 4.95. The number of carbonyl (C=O) groups is 3. The summed E-state index contributed by atoms with van der Waals surface area (Å²) in [5.74, 6) is -2.10. The van der Waals surface area contributed by atoms with Crippen LogP contribution in [-0.4, -0.2) is 65.4 Å². The third-order valence-electron chi connectivity index (χ3n) is 3.85. The lowest BCUT2D eigenvalue weighted by molar-refractivity contribution is -0.136. The number of rotatable bonds is 6. The van der Waals surface area contributed by atoms with Gasteiger partial charge in [0.15, 0.2) is 0 Å². The highest BCUT2D eigenvalue weighted by molar-refractivity contribution is 6.08. The van der Waals surface area contributed by atoms with Crippen LogP contribution in [0.15, 0.2) is 29.5 Å². The predicted molar refractivity (Wildman–Crippen MR) is 99.6 cm³/mol. The average Bonchev–Trinajstić information content (AvgIpc) is 2.91. The van der Waals surface area contributed by atoms with E-state index >= 15 is 0 Å². The number of aliphatic hydroxyl groups excluding tert-OH is 1. The van der Waals surface area contributed by atoms with Crippen LogP contribution in [0.2, 0.25) is 0 Å². The highest BCUT2D eigenvalue weighted by Crippen LogP contribution is 2.29. The third kappa shape index (κ3) is 4.80. The van der Waals surface area contributed by atoms with E-state index in [-0.39, 0.29) is 48.0 Å². The molecule has 0 unspecified atom stereocenters. The Morgan fingerprint density at radius 3 is 2.46 bits per heavy atom. The lowest BCUT2D eigenvalue weighted by atomic mass is 10.1. The van der Waals surface area contributed by atoms with E-state index in [2.05, 4.69) is 5.32 Å². The average molecular weight is 392 g/mol. The van der Waals surface area contributed by atoms with E-state index < -0.39 is 23.4 Å². The van der Waals surface area contributed by atoms with Gasteiger partial charge in [-0.05, 0) is 39.0 Å². The van der Waals surface area contributed by atoms with Crippen LogP contribution in [0, 0.1) is 0 Å². The largest absolute Gasteiger partial charge is 0.506 e. The minimum atomic E-state index is -0.693. The van der Waals surface area contributed by atoms with Gasteiger partial charge in [0, 0.05) is 6.54 Å². The maximum Gasteiger partial charge on any atom is 0.338 e. The van der Waals surface area contributed by atoms with Gasteiger partial charge in [-0.1, -0.05) is 0 Å². The molecule has 0 aromatic heterocycles. The van der Waals surface area contributed by atoms with E-state index in [0.29, 0.717) is 0 Å². The van der Waals surface area contributed by atoms with E-state index in [1.165, 1.54) is 30.2 Å². The van der Waals surface area contributed by atoms with Gasteiger partial charge in [-0.2, -0.15) is 0 Å². The Morgan fingerprint density at radius 2 is 1.93 bits per heavy atom. The zero-order valence-electron chi connectivity index (χ0n) is 16.2. The number of benzene rings is 1. The number of phenols is 1. The lowest BCUT2D eigenvalue weighted by Crippen LogP contribution is -2.31. The van der Waals surface area contributed by atoms with Crippen molar-refractivity contribution >= 4 is 23.5 Å². The highest BCUT2D eigenvalue weighted by atomic mass is 16.6. The number of hydrogen-bond donors (Lipinski definition) is 3. The predicted octanol–water partition coefficient (Wildman–Crippen LogP) is 1.02. The first-order chi connectivity index (χ1) is 13.1. The molecule has 0 saturated carbocycles. The number of hydrogen-bond acceptors (Lipinski definition) is 8. The Balaban J connectivity index is 2.29. The Hall–Kier alpha value is -3.07. The normalized spacial score (nSPS) is 14.3. The first-order valence-electron chi connectivity index (χ1n) is 8.62. The molecule has 0 atom stereocenters. The van der Waals surface area contributed by atoms with Gasteiger partial charge in [-0.3, -0.25) is 4.79 Å².